The lowest BCUT2D eigenvalue weighted by molar-refractivity contribution is 0.534. The fourth-order valence-electron chi connectivity index (χ4n) is 2.27. The smallest absolute Gasteiger partial charge is 0.00871 e. The minimum Gasteiger partial charge on any atom is -0.327 e. The van der Waals surface area contributed by atoms with Crippen LogP contribution < -0.4 is 5.73 Å². The van der Waals surface area contributed by atoms with Gasteiger partial charge in [-0.05, 0) is 31.4 Å². The number of aryl methyl sites for hydroxylation is 1. The summed E-state index contributed by atoms with van der Waals surface area (Å²) >= 11 is 1.93. The molecule has 0 amide bonds. The highest BCUT2D eigenvalue weighted by Crippen LogP contribution is 2.19. The zero-order valence-corrected chi connectivity index (χ0v) is 12.9. The van der Waals surface area contributed by atoms with Crippen molar-refractivity contribution < 1.29 is 0 Å². The maximum Gasteiger partial charge on any atom is 0.00871 e. The number of thiophene rings is 1. The van der Waals surface area contributed by atoms with E-state index >= 15 is 0 Å². The topological polar surface area (TPSA) is 26.0 Å². The molecule has 0 aliphatic heterocycles. The molecule has 0 aliphatic rings. The summed E-state index contributed by atoms with van der Waals surface area (Å²) in [6, 6.07) is 4.86. The first-order valence-corrected chi connectivity index (χ1v) is 8.41. The van der Waals surface area contributed by atoms with Gasteiger partial charge in [-0.25, -0.2) is 0 Å². The van der Waals surface area contributed by atoms with Crippen molar-refractivity contribution in [1.29, 1.82) is 0 Å². The van der Waals surface area contributed by atoms with Crippen LogP contribution in [-0.2, 0) is 12.8 Å². The Morgan fingerprint density at radius 1 is 1.00 bits per heavy atom. The van der Waals surface area contributed by atoms with Crippen LogP contribution in [0, 0.1) is 0 Å². The van der Waals surface area contributed by atoms with E-state index in [0.29, 0.717) is 6.04 Å². The molecule has 1 rings (SSSR count). The van der Waals surface area contributed by atoms with Crippen LogP contribution in [0.5, 0.6) is 0 Å². The summed E-state index contributed by atoms with van der Waals surface area (Å²) in [4.78, 5) is 2.95. The van der Waals surface area contributed by atoms with Crippen molar-refractivity contribution >= 4 is 11.3 Å². The van der Waals surface area contributed by atoms with Gasteiger partial charge in [0.2, 0.25) is 0 Å². The maximum atomic E-state index is 6.20. The summed E-state index contributed by atoms with van der Waals surface area (Å²) in [5, 5.41) is 0. The van der Waals surface area contributed by atoms with Crippen molar-refractivity contribution in [2.45, 2.75) is 77.7 Å². The van der Waals surface area contributed by atoms with Gasteiger partial charge in [0.1, 0.15) is 0 Å². The average Bonchev–Trinajstić information content (AvgIpc) is 2.81. The minimum absolute atomic E-state index is 0.361. The second-order valence-electron chi connectivity index (χ2n) is 5.24. The molecule has 2 N–H and O–H groups in total. The summed E-state index contributed by atoms with van der Waals surface area (Å²) in [6.45, 7) is 4.48. The monoisotopic (exact) mass is 267 g/mol. The third-order valence-corrected chi connectivity index (χ3v) is 4.71. The fraction of sp³-hybridized carbons (Fsp3) is 0.750. The van der Waals surface area contributed by atoms with Crippen LogP contribution in [0.4, 0.5) is 0 Å². The Labute approximate surface area is 117 Å². The van der Waals surface area contributed by atoms with Gasteiger partial charge in [0.25, 0.3) is 0 Å². The molecule has 1 nitrogen and oxygen atoms in total. The molecule has 1 unspecified atom stereocenters. The Balaban J connectivity index is 2.08. The Morgan fingerprint density at radius 3 is 2.33 bits per heavy atom. The molecule has 0 bridgehead atoms. The van der Waals surface area contributed by atoms with Gasteiger partial charge >= 0.3 is 0 Å². The van der Waals surface area contributed by atoms with Crippen molar-refractivity contribution in [3.05, 3.63) is 21.9 Å². The third-order valence-electron chi connectivity index (χ3n) is 3.46. The van der Waals surface area contributed by atoms with E-state index in [2.05, 4.69) is 26.0 Å². The van der Waals surface area contributed by atoms with Crippen LogP contribution in [0.3, 0.4) is 0 Å². The molecule has 18 heavy (non-hydrogen) atoms. The van der Waals surface area contributed by atoms with Gasteiger partial charge in [-0.3, -0.25) is 0 Å². The van der Waals surface area contributed by atoms with E-state index in [4.69, 9.17) is 5.73 Å². The normalized spacial score (nSPS) is 12.8. The first-order valence-electron chi connectivity index (χ1n) is 7.59. The van der Waals surface area contributed by atoms with Crippen molar-refractivity contribution in [3.8, 4) is 0 Å². The molecule has 0 spiro atoms. The lowest BCUT2D eigenvalue weighted by Gasteiger charge is -2.09. The lowest BCUT2D eigenvalue weighted by Crippen LogP contribution is -2.22. The van der Waals surface area contributed by atoms with Crippen molar-refractivity contribution in [3.63, 3.8) is 0 Å². The van der Waals surface area contributed by atoms with E-state index in [1.807, 2.05) is 11.3 Å². The SMILES string of the molecule is CCCCCCCCC(N)Cc1ccc(CC)s1. The zero-order chi connectivity index (χ0) is 13.2. The number of unbranched alkanes of at least 4 members (excludes halogenated alkanes) is 5. The number of hydrogen-bond donors (Lipinski definition) is 1. The Hall–Kier alpha value is -0.340. The summed E-state index contributed by atoms with van der Waals surface area (Å²) < 4.78 is 0. The molecule has 1 heterocycles. The molecule has 2 heteroatoms. The van der Waals surface area contributed by atoms with E-state index in [9.17, 15) is 0 Å². The number of rotatable bonds is 10. The van der Waals surface area contributed by atoms with Crippen molar-refractivity contribution in [2.24, 2.45) is 5.73 Å². The van der Waals surface area contributed by atoms with Gasteiger partial charge in [-0.1, -0.05) is 52.4 Å². The summed E-state index contributed by atoms with van der Waals surface area (Å²) in [6.07, 6.45) is 11.6. The van der Waals surface area contributed by atoms with Gasteiger partial charge in [-0.15, -0.1) is 11.3 Å². The Kier molecular flexibility index (Phi) is 8.36. The summed E-state index contributed by atoms with van der Waals surface area (Å²) in [5.74, 6) is 0. The van der Waals surface area contributed by atoms with Crippen LogP contribution in [0.15, 0.2) is 12.1 Å². The molecule has 1 atom stereocenters. The van der Waals surface area contributed by atoms with Gasteiger partial charge < -0.3 is 5.73 Å². The van der Waals surface area contributed by atoms with E-state index < -0.39 is 0 Å². The predicted molar refractivity (Wildman–Crippen MR) is 83.4 cm³/mol. The lowest BCUT2D eigenvalue weighted by atomic mass is 10.0. The van der Waals surface area contributed by atoms with Gasteiger partial charge in [0.05, 0.1) is 0 Å². The van der Waals surface area contributed by atoms with Gasteiger partial charge in [0, 0.05) is 15.8 Å². The standard InChI is InChI=1S/C16H29NS/c1-3-5-6-7-8-9-10-14(17)13-16-12-11-15(4-2)18-16/h11-12,14H,3-10,13,17H2,1-2H3. The predicted octanol–water partition coefficient (Wildman–Crippen LogP) is 4.93. The van der Waals surface area contributed by atoms with Gasteiger partial charge in [-0.2, -0.15) is 0 Å². The van der Waals surface area contributed by atoms with Crippen LogP contribution in [0.1, 0.15) is 68.5 Å². The highest BCUT2D eigenvalue weighted by molar-refractivity contribution is 7.11. The second-order valence-corrected chi connectivity index (χ2v) is 6.50. The highest BCUT2D eigenvalue weighted by atomic mass is 32.1. The molecule has 0 fully saturated rings. The molecule has 0 aromatic carbocycles. The summed E-state index contributed by atoms with van der Waals surface area (Å²) in [5.41, 5.74) is 6.20. The molecule has 0 radical (unpaired) electrons. The molecule has 104 valence electrons. The summed E-state index contributed by atoms with van der Waals surface area (Å²) in [7, 11) is 0. The van der Waals surface area contributed by atoms with Crippen LogP contribution in [-0.4, -0.2) is 6.04 Å². The average molecular weight is 267 g/mol. The molecule has 0 saturated heterocycles. The molecule has 1 aromatic heterocycles. The molecule has 1 aromatic rings. The second kappa shape index (κ2) is 9.57. The van der Waals surface area contributed by atoms with Crippen molar-refractivity contribution in [2.75, 3.05) is 0 Å². The minimum atomic E-state index is 0.361. The fourth-order valence-corrected chi connectivity index (χ4v) is 3.32. The quantitative estimate of drug-likeness (QED) is 0.598. The van der Waals surface area contributed by atoms with E-state index in [-0.39, 0.29) is 0 Å². The number of hydrogen-bond acceptors (Lipinski definition) is 2. The van der Waals surface area contributed by atoms with Crippen LogP contribution >= 0.6 is 11.3 Å². The molecular weight excluding hydrogens is 238 g/mol. The van der Waals surface area contributed by atoms with E-state index in [0.717, 1.165) is 12.8 Å². The van der Waals surface area contributed by atoms with Crippen LogP contribution in [0.25, 0.3) is 0 Å². The first-order chi connectivity index (χ1) is 8.76. The van der Waals surface area contributed by atoms with E-state index in [1.54, 1.807) is 0 Å². The molecule has 0 aliphatic carbocycles. The molecule has 0 saturated carbocycles. The Morgan fingerprint density at radius 2 is 1.67 bits per heavy atom. The molecular formula is C16H29NS. The van der Waals surface area contributed by atoms with E-state index in [1.165, 1.54) is 54.7 Å². The largest absolute Gasteiger partial charge is 0.327 e. The van der Waals surface area contributed by atoms with Crippen molar-refractivity contribution in [1.82, 2.24) is 0 Å². The zero-order valence-electron chi connectivity index (χ0n) is 12.1. The number of nitrogens with two attached hydrogens (primary N) is 1. The van der Waals surface area contributed by atoms with Gasteiger partial charge in [0.15, 0.2) is 0 Å². The Bertz CT molecular complexity index is 306. The first kappa shape index (κ1) is 15.7. The van der Waals surface area contributed by atoms with Crippen LogP contribution in [0.2, 0.25) is 0 Å². The maximum absolute atomic E-state index is 6.20. The highest BCUT2D eigenvalue weighted by Gasteiger charge is 2.06. The third kappa shape index (κ3) is 6.55.